The summed E-state index contributed by atoms with van der Waals surface area (Å²) in [5.41, 5.74) is 5.17. The summed E-state index contributed by atoms with van der Waals surface area (Å²) < 4.78 is 18.4. The fourth-order valence-corrected chi connectivity index (χ4v) is 3.50. The van der Waals surface area contributed by atoms with E-state index < -0.39 is 0 Å². The number of hydrogen-bond acceptors (Lipinski definition) is 8. The summed E-state index contributed by atoms with van der Waals surface area (Å²) >= 11 is 0. The molecule has 0 aliphatic carbocycles. The molecule has 4 aromatic heterocycles. The van der Waals surface area contributed by atoms with Crippen LogP contribution in [0.1, 0.15) is 18.7 Å². The Morgan fingerprint density at radius 2 is 1.91 bits per heavy atom. The lowest BCUT2D eigenvalue weighted by Crippen LogP contribution is -2.06. The number of rotatable bonds is 6. The van der Waals surface area contributed by atoms with E-state index in [1.807, 2.05) is 50.5 Å². The molecule has 0 aliphatic heterocycles. The van der Waals surface area contributed by atoms with Crippen molar-refractivity contribution in [2.75, 3.05) is 7.11 Å². The molecule has 0 N–H and O–H groups in total. The molecule has 0 unspecified atom stereocenters. The first-order chi connectivity index (χ1) is 15.6. The SMILES string of the molecule is COc1cc2ncnc(-c3cn(C)nc3-c3ccccc3)c2nc1O[C@H](C)c1cocn1. The second-order valence-electron chi connectivity index (χ2n) is 7.19. The fourth-order valence-electron chi connectivity index (χ4n) is 3.50. The van der Waals surface area contributed by atoms with Gasteiger partial charge in [-0.1, -0.05) is 30.3 Å². The number of pyridine rings is 1. The molecule has 0 bridgehead atoms. The molecule has 0 fully saturated rings. The highest BCUT2D eigenvalue weighted by Crippen LogP contribution is 2.37. The Morgan fingerprint density at radius 3 is 2.66 bits per heavy atom. The second kappa shape index (κ2) is 8.10. The molecular formula is C23H20N6O3. The van der Waals surface area contributed by atoms with Crippen molar-refractivity contribution in [2.24, 2.45) is 7.05 Å². The second-order valence-corrected chi connectivity index (χ2v) is 7.19. The molecular weight excluding hydrogens is 408 g/mol. The van der Waals surface area contributed by atoms with Crippen molar-refractivity contribution in [3.05, 3.63) is 67.3 Å². The number of ether oxygens (including phenoxy) is 2. The van der Waals surface area contributed by atoms with Crippen LogP contribution in [0, 0.1) is 0 Å². The van der Waals surface area contributed by atoms with E-state index in [9.17, 15) is 0 Å². The number of hydrogen-bond donors (Lipinski definition) is 0. The number of nitrogens with zero attached hydrogens (tertiary/aromatic N) is 6. The van der Waals surface area contributed by atoms with E-state index in [0.29, 0.717) is 34.1 Å². The summed E-state index contributed by atoms with van der Waals surface area (Å²) in [5, 5.41) is 4.66. The van der Waals surface area contributed by atoms with Crippen LogP contribution in [0.3, 0.4) is 0 Å². The number of methoxy groups -OCH3 is 1. The molecule has 160 valence electrons. The Balaban J connectivity index is 1.66. The summed E-state index contributed by atoms with van der Waals surface area (Å²) in [6, 6.07) is 11.7. The number of oxazole rings is 1. The lowest BCUT2D eigenvalue weighted by atomic mass is 10.0. The maximum Gasteiger partial charge on any atom is 0.258 e. The van der Waals surface area contributed by atoms with Crippen molar-refractivity contribution >= 4 is 11.0 Å². The van der Waals surface area contributed by atoms with E-state index in [4.69, 9.17) is 18.9 Å². The molecule has 1 aromatic carbocycles. The fraction of sp³-hybridized carbons (Fsp3) is 0.174. The summed E-state index contributed by atoms with van der Waals surface area (Å²) in [7, 11) is 3.44. The third-order valence-corrected chi connectivity index (χ3v) is 5.05. The maximum absolute atomic E-state index is 6.06. The van der Waals surface area contributed by atoms with Gasteiger partial charge in [0.15, 0.2) is 12.1 Å². The summed E-state index contributed by atoms with van der Waals surface area (Å²) in [6.07, 6.45) is 5.95. The van der Waals surface area contributed by atoms with Gasteiger partial charge in [0.05, 0.1) is 12.6 Å². The molecule has 0 radical (unpaired) electrons. The van der Waals surface area contributed by atoms with E-state index in [-0.39, 0.29) is 6.10 Å². The zero-order chi connectivity index (χ0) is 22.1. The van der Waals surface area contributed by atoms with Gasteiger partial charge in [0, 0.05) is 30.4 Å². The smallest absolute Gasteiger partial charge is 0.258 e. The average molecular weight is 428 g/mol. The molecule has 9 heteroatoms. The Hall–Kier alpha value is -4.27. The van der Waals surface area contributed by atoms with Gasteiger partial charge in [-0.15, -0.1) is 0 Å². The van der Waals surface area contributed by atoms with E-state index in [1.165, 1.54) is 19.0 Å². The van der Waals surface area contributed by atoms with Crippen LogP contribution in [-0.4, -0.2) is 36.8 Å². The van der Waals surface area contributed by atoms with Gasteiger partial charge >= 0.3 is 0 Å². The Labute approximate surface area is 183 Å². The molecule has 0 amide bonds. The predicted octanol–water partition coefficient (Wildman–Crippen LogP) is 4.23. The van der Waals surface area contributed by atoms with Gasteiger partial charge in [0.2, 0.25) is 0 Å². The zero-order valence-electron chi connectivity index (χ0n) is 17.8. The molecule has 0 aliphatic rings. The molecule has 9 nitrogen and oxygen atoms in total. The van der Waals surface area contributed by atoms with Crippen LogP contribution in [-0.2, 0) is 7.05 Å². The van der Waals surface area contributed by atoms with Gasteiger partial charge in [0.25, 0.3) is 5.88 Å². The average Bonchev–Trinajstić information content (AvgIpc) is 3.49. The molecule has 0 spiro atoms. The minimum atomic E-state index is -0.390. The first-order valence-corrected chi connectivity index (χ1v) is 9.98. The van der Waals surface area contributed by atoms with Crippen molar-refractivity contribution in [2.45, 2.75) is 13.0 Å². The third kappa shape index (κ3) is 3.53. The third-order valence-electron chi connectivity index (χ3n) is 5.05. The topological polar surface area (TPSA) is 101 Å². The van der Waals surface area contributed by atoms with E-state index >= 15 is 0 Å². The van der Waals surface area contributed by atoms with Gasteiger partial charge in [-0.05, 0) is 6.92 Å². The Kier molecular flexibility index (Phi) is 4.98. The minimum Gasteiger partial charge on any atom is -0.491 e. The molecule has 32 heavy (non-hydrogen) atoms. The van der Waals surface area contributed by atoms with Crippen LogP contribution < -0.4 is 9.47 Å². The molecule has 0 saturated heterocycles. The van der Waals surface area contributed by atoms with E-state index in [0.717, 1.165) is 16.8 Å². The van der Waals surface area contributed by atoms with Crippen LogP contribution in [0.4, 0.5) is 0 Å². The van der Waals surface area contributed by atoms with Crippen molar-refractivity contribution in [1.29, 1.82) is 0 Å². The van der Waals surface area contributed by atoms with Gasteiger partial charge in [-0.3, -0.25) is 4.68 Å². The van der Waals surface area contributed by atoms with Crippen LogP contribution in [0.5, 0.6) is 11.6 Å². The monoisotopic (exact) mass is 428 g/mol. The normalized spacial score (nSPS) is 12.1. The zero-order valence-corrected chi connectivity index (χ0v) is 17.8. The maximum atomic E-state index is 6.06. The predicted molar refractivity (Wildman–Crippen MR) is 117 cm³/mol. The number of aryl methyl sites for hydroxylation is 1. The highest BCUT2D eigenvalue weighted by atomic mass is 16.5. The first kappa shape index (κ1) is 19.7. The molecule has 0 saturated carbocycles. The van der Waals surface area contributed by atoms with Gasteiger partial charge < -0.3 is 13.9 Å². The molecule has 5 rings (SSSR count). The van der Waals surface area contributed by atoms with Gasteiger partial charge in [-0.2, -0.15) is 5.10 Å². The van der Waals surface area contributed by atoms with Gasteiger partial charge in [-0.25, -0.2) is 19.9 Å². The van der Waals surface area contributed by atoms with Crippen LogP contribution in [0.15, 0.2) is 66.0 Å². The molecule has 1 atom stereocenters. The van der Waals surface area contributed by atoms with Crippen LogP contribution in [0.2, 0.25) is 0 Å². The first-order valence-electron chi connectivity index (χ1n) is 9.98. The number of aromatic nitrogens is 6. The number of benzene rings is 1. The number of fused-ring (bicyclic) bond motifs is 1. The lowest BCUT2D eigenvalue weighted by Gasteiger charge is -2.15. The largest absolute Gasteiger partial charge is 0.491 e. The van der Waals surface area contributed by atoms with Crippen molar-refractivity contribution in [3.63, 3.8) is 0 Å². The highest BCUT2D eigenvalue weighted by Gasteiger charge is 2.21. The standard InChI is InChI=1S/C23H20N6O3/c1-14(18-11-31-13-26-18)32-23-19(30-3)9-17-22(27-23)21(25-12-24-17)16-10-29(2)28-20(16)15-7-5-4-6-8-15/h4-14H,1-3H3/t14-/m1/s1. The lowest BCUT2D eigenvalue weighted by molar-refractivity contribution is 0.202. The van der Waals surface area contributed by atoms with Crippen LogP contribution >= 0.6 is 0 Å². The van der Waals surface area contributed by atoms with E-state index in [1.54, 1.807) is 17.9 Å². The Morgan fingerprint density at radius 1 is 1.06 bits per heavy atom. The highest BCUT2D eigenvalue weighted by molar-refractivity contribution is 5.94. The summed E-state index contributed by atoms with van der Waals surface area (Å²) in [5.74, 6) is 0.781. The quantitative estimate of drug-likeness (QED) is 0.396. The van der Waals surface area contributed by atoms with Crippen molar-refractivity contribution in [1.82, 2.24) is 29.7 Å². The summed E-state index contributed by atoms with van der Waals surface area (Å²) in [6.45, 7) is 1.86. The minimum absolute atomic E-state index is 0.316. The van der Waals surface area contributed by atoms with Crippen LogP contribution in [0.25, 0.3) is 33.5 Å². The van der Waals surface area contributed by atoms with Gasteiger partial charge in [0.1, 0.15) is 41.3 Å². The molecule has 5 aromatic rings. The van der Waals surface area contributed by atoms with E-state index in [2.05, 4.69) is 20.1 Å². The van der Waals surface area contributed by atoms with Crippen molar-refractivity contribution in [3.8, 4) is 34.1 Å². The van der Waals surface area contributed by atoms with Crippen molar-refractivity contribution < 1.29 is 13.9 Å². The Bertz CT molecular complexity index is 1370. The summed E-state index contributed by atoms with van der Waals surface area (Å²) in [4.78, 5) is 17.8. The molecule has 4 heterocycles.